The van der Waals surface area contributed by atoms with Crippen molar-refractivity contribution in [2.45, 2.75) is 43.8 Å². The van der Waals surface area contributed by atoms with Gasteiger partial charge < -0.3 is 9.84 Å². The molecule has 40 heavy (non-hydrogen) atoms. The topological polar surface area (TPSA) is 53.0 Å². The van der Waals surface area contributed by atoms with Crippen LogP contribution in [0.5, 0.6) is 5.75 Å². The third-order valence-electron chi connectivity index (χ3n) is 6.49. The molecule has 2 amide bonds. The SMILES string of the molecule is CC1(C)N(c2ccc(C(F)(F)F)cc2)C(=O)N(c2ccc(C(F)(F)F)cc2)C1(O)c1cccc(OC(F)(F)F)c1. The molecule has 0 saturated carbocycles. The van der Waals surface area contributed by atoms with Crippen molar-refractivity contribution < 1.29 is 54.2 Å². The van der Waals surface area contributed by atoms with E-state index in [1.807, 2.05) is 0 Å². The third-order valence-corrected chi connectivity index (χ3v) is 6.49. The van der Waals surface area contributed by atoms with E-state index in [4.69, 9.17) is 0 Å². The molecule has 5 nitrogen and oxygen atoms in total. The van der Waals surface area contributed by atoms with Crippen LogP contribution >= 0.6 is 0 Å². The number of hydrogen-bond acceptors (Lipinski definition) is 3. The average Bonchev–Trinajstić information content (AvgIpc) is 2.98. The van der Waals surface area contributed by atoms with Crippen LogP contribution in [-0.2, 0) is 18.1 Å². The van der Waals surface area contributed by atoms with E-state index < -0.39 is 52.9 Å². The molecule has 0 bridgehead atoms. The quantitative estimate of drug-likeness (QED) is 0.323. The van der Waals surface area contributed by atoms with Crippen LogP contribution in [0.25, 0.3) is 0 Å². The summed E-state index contributed by atoms with van der Waals surface area (Å²) in [7, 11) is 0. The number of hydrogen-bond donors (Lipinski definition) is 1. The fourth-order valence-corrected chi connectivity index (χ4v) is 4.63. The molecule has 1 fully saturated rings. The molecular weight excluding hydrogens is 559 g/mol. The third kappa shape index (κ3) is 5.03. The molecule has 1 unspecified atom stereocenters. The van der Waals surface area contributed by atoms with E-state index in [2.05, 4.69) is 4.74 Å². The Morgan fingerprint density at radius 2 is 1.15 bits per heavy atom. The smallest absolute Gasteiger partial charge is 0.406 e. The Kier molecular flexibility index (Phi) is 6.77. The first-order chi connectivity index (χ1) is 18.3. The van der Waals surface area contributed by atoms with Gasteiger partial charge in [0, 0.05) is 16.9 Å². The van der Waals surface area contributed by atoms with E-state index in [0.717, 1.165) is 47.4 Å². The van der Waals surface area contributed by atoms with Crippen molar-refractivity contribution >= 4 is 17.4 Å². The van der Waals surface area contributed by atoms with Crippen molar-refractivity contribution in [3.8, 4) is 5.75 Å². The van der Waals surface area contributed by atoms with Crippen LogP contribution in [0.15, 0.2) is 72.8 Å². The van der Waals surface area contributed by atoms with Gasteiger partial charge in [0.2, 0.25) is 0 Å². The summed E-state index contributed by atoms with van der Waals surface area (Å²) in [6, 6.07) is 9.27. The monoisotopic (exact) mass is 578 g/mol. The van der Waals surface area contributed by atoms with E-state index in [1.165, 1.54) is 19.9 Å². The number of amides is 2. The highest BCUT2D eigenvalue weighted by molar-refractivity contribution is 6.09. The van der Waals surface area contributed by atoms with E-state index in [1.54, 1.807) is 0 Å². The highest BCUT2D eigenvalue weighted by atomic mass is 19.4. The van der Waals surface area contributed by atoms with Crippen molar-refractivity contribution in [1.82, 2.24) is 0 Å². The minimum Gasteiger partial charge on any atom is -0.406 e. The number of ether oxygens (including phenoxy) is 1. The summed E-state index contributed by atoms with van der Waals surface area (Å²) in [6.45, 7) is 2.59. The zero-order chi connectivity index (χ0) is 29.9. The molecule has 0 aliphatic carbocycles. The van der Waals surface area contributed by atoms with Gasteiger partial charge >= 0.3 is 24.7 Å². The van der Waals surface area contributed by atoms with Gasteiger partial charge in [-0.2, -0.15) is 26.3 Å². The van der Waals surface area contributed by atoms with Crippen LogP contribution in [0.2, 0.25) is 0 Å². The zero-order valence-corrected chi connectivity index (χ0v) is 20.5. The molecule has 14 heteroatoms. The fourth-order valence-electron chi connectivity index (χ4n) is 4.63. The maximum absolute atomic E-state index is 13.8. The standard InChI is InChI=1S/C26H19F9N2O3/c1-22(2)23(39,17-4-3-5-20(14-17)40-26(33,34)35)37(19-12-8-16(9-13-19)25(30,31)32)21(38)36(22)18-10-6-15(7-11-18)24(27,28)29/h3-14,39H,1-2H3. The normalized spacial score (nSPS) is 19.8. The maximum atomic E-state index is 13.8. The van der Waals surface area contributed by atoms with Crippen LogP contribution in [-0.4, -0.2) is 23.0 Å². The molecule has 1 heterocycles. The van der Waals surface area contributed by atoms with E-state index in [9.17, 15) is 49.4 Å². The predicted octanol–water partition coefficient (Wildman–Crippen LogP) is 7.69. The zero-order valence-electron chi connectivity index (χ0n) is 20.5. The van der Waals surface area contributed by atoms with Crippen molar-refractivity contribution in [1.29, 1.82) is 0 Å². The maximum Gasteiger partial charge on any atom is 0.573 e. The predicted molar refractivity (Wildman–Crippen MR) is 124 cm³/mol. The second-order valence-electron chi connectivity index (χ2n) is 9.35. The summed E-state index contributed by atoms with van der Waals surface area (Å²) in [5, 5.41) is 12.2. The van der Waals surface area contributed by atoms with Gasteiger partial charge in [0.15, 0.2) is 5.72 Å². The van der Waals surface area contributed by atoms with Gasteiger partial charge in [0.25, 0.3) is 0 Å². The summed E-state index contributed by atoms with van der Waals surface area (Å²) < 4.78 is 122. The molecule has 3 aromatic rings. The van der Waals surface area contributed by atoms with Gasteiger partial charge in [-0.05, 0) is 74.5 Å². The van der Waals surface area contributed by atoms with E-state index in [0.29, 0.717) is 29.2 Å². The Hall–Kier alpha value is -3.94. The molecule has 1 saturated heterocycles. The van der Waals surface area contributed by atoms with E-state index >= 15 is 0 Å². The number of rotatable bonds is 4. The summed E-state index contributed by atoms with van der Waals surface area (Å²) in [5.74, 6) is -0.762. The van der Waals surface area contributed by atoms with Crippen molar-refractivity contribution in [2.24, 2.45) is 0 Å². The lowest BCUT2D eigenvalue weighted by atomic mass is 9.83. The lowest BCUT2D eigenvalue weighted by molar-refractivity contribution is -0.274. The molecule has 0 radical (unpaired) electrons. The van der Waals surface area contributed by atoms with Gasteiger partial charge in [-0.1, -0.05) is 12.1 Å². The van der Waals surface area contributed by atoms with Crippen LogP contribution in [0, 0.1) is 0 Å². The van der Waals surface area contributed by atoms with Crippen molar-refractivity contribution in [3.05, 3.63) is 89.5 Å². The highest BCUT2D eigenvalue weighted by Crippen LogP contribution is 2.51. The molecule has 1 aliphatic heterocycles. The first-order valence-corrected chi connectivity index (χ1v) is 11.3. The Labute approximate surface area is 221 Å². The molecule has 0 spiro atoms. The number of carbonyl (C=O) groups excluding carboxylic acids is 1. The number of benzene rings is 3. The second-order valence-corrected chi connectivity index (χ2v) is 9.35. The number of carbonyl (C=O) groups is 1. The van der Waals surface area contributed by atoms with Gasteiger partial charge in [-0.3, -0.25) is 9.80 Å². The number of anilines is 2. The van der Waals surface area contributed by atoms with Crippen LogP contribution in [0.3, 0.4) is 0 Å². The Morgan fingerprint density at radius 3 is 1.57 bits per heavy atom. The lowest BCUT2D eigenvalue weighted by Gasteiger charge is -2.42. The van der Waals surface area contributed by atoms with Gasteiger partial charge in [-0.25, -0.2) is 4.79 Å². The van der Waals surface area contributed by atoms with Gasteiger partial charge in [0.1, 0.15) is 5.75 Å². The lowest BCUT2D eigenvalue weighted by Crippen LogP contribution is -2.56. The summed E-state index contributed by atoms with van der Waals surface area (Å²) >= 11 is 0. The van der Waals surface area contributed by atoms with Crippen LogP contribution < -0.4 is 14.5 Å². The van der Waals surface area contributed by atoms with Gasteiger partial charge in [0.05, 0.1) is 16.7 Å². The average molecular weight is 578 g/mol. The minimum absolute atomic E-state index is 0.126. The molecule has 3 aromatic carbocycles. The summed E-state index contributed by atoms with van der Waals surface area (Å²) in [5.41, 5.74) is -7.23. The largest absolute Gasteiger partial charge is 0.573 e. The number of alkyl halides is 9. The number of aliphatic hydroxyl groups is 1. The van der Waals surface area contributed by atoms with Crippen molar-refractivity contribution in [3.63, 3.8) is 0 Å². The van der Waals surface area contributed by atoms with Crippen LogP contribution in [0.1, 0.15) is 30.5 Å². The minimum atomic E-state index is -5.11. The first-order valence-electron chi connectivity index (χ1n) is 11.3. The molecule has 1 N–H and O–H groups in total. The van der Waals surface area contributed by atoms with E-state index in [-0.39, 0.29) is 16.9 Å². The van der Waals surface area contributed by atoms with Crippen molar-refractivity contribution in [2.75, 3.05) is 9.80 Å². The molecule has 0 aromatic heterocycles. The summed E-state index contributed by atoms with van der Waals surface area (Å²) in [4.78, 5) is 15.4. The fraction of sp³-hybridized carbons (Fsp3) is 0.269. The molecule has 214 valence electrons. The number of nitrogens with zero attached hydrogens (tertiary/aromatic N) is 2. The van der Waals surface area contributed by atoms with Gasteiger partial charge in [-0.15, -0.1) is 13.2 Å². The van der Waals surface area contributed by atoms with Crippen LogP contribution in [0.4, 0.5) is 55.7 Å². The molecule has 4 rings (SSSR count). The first kappa shape index (κ1) is 29.1. The number of halogens is 9. The molecular formula is C26H19F9N2O3. The Morgan fingerprint density at radius 1 is 0.700 bits per heavy atom. The second kappa shape index (κ2) is 9.32. The summed E-state index contributed by atoms with van der Waals surface area (Å²) in [6.07, 6.45) is -14.5. The molecule has 1 atom stereocenters. The molecule has 1 aliphatic rings. The Balaban J connectivity index is 1.91. The highest BCUT2D eigenvalue weighted by Gasteiger charge is 2.64. The Bertz CT molecular complexity index is 1400. The number of urea groups is 1.